The number of anilines is 1. The van der Waals surface area contributed by atoms with Gasteiger partial charge in [0.1, 0.15) is 5.75 Å². The maximum atomic E-state index is 11.8. The number of hydrogen-bond donors (Lipinski definition) is 4. The van der Waals surface area contributed by atoms with Gasteiger partial charge in [0.05, 0.1) is 11.3 Å². The third-order valence-corrected chi connectivity index (χ3v) is 2.41. The maximum absolute atomic E-state index is 11.8. The fourth-order valence-corrected chi connectivity index (χ4v) is 1.49. The third-order valence-electron chi connectivity index (χ3n) is 2.41. The highest BCUT2D eigenvalue weighted by molar-refractivity contribution is 6.06. The minimum absolute atomic E-state index is 0.0725. The van der Waals surface area contributed by atoms with Crippen molar-refractivity contribution >= 4 is 11.6 Å². The molecule has 0 aromatic heterocycles. The smallest absolute Gasteiger partial charge is 0.259 e. The molecule has 1 amide bonds. The molecule has 0 heterocycles. The summed E-state index contributed by atoms with van der Waals surface area (Å²) < 4.78 is 0. The number of aromatic hydroxyl groups is 3. The van der Waals surface area contributed by atoms with Crippen LogP contribution in [-0.2, 0) is 0 Å². The number of nitrogens with one attached hydrogen (secondary N) is 1. The summed E-state index contributed by atoms with van der Waals surface area (Å²) in [5.74, 6) is -1.48. The van der Waals surface area contributed by atoms with Crippen LogP contribution in [0, 0.1) is 0 Å². The number of phenolic OH excluding ortho intramolecular Hbond substituents is 3. The van der Waals surface area contributed by atoms with E-state index in [-0.39, 0.29) is 22.7 Å². The molecule has 2 rings (SSSR count). The average Bonchev–Trinajstić information content (AvgIpc) is 2.35. The van der Waals surface area contributed by atoms with Gasteiger partial charge in [0.15, 0.2) is 11.5 Å². The Bertz CT molecular complexity index is 595. The standard InChI is InChI=1S/C13H11NO4/c15-10-6-2-1-4-8(10)13(18)14-9-5-3-7-11(16)12(9)17/h1-7,15-17H,(H,14,18). The molecule has 0 saturated carbocycles. The Morgan fingerprint density at radius 2 is 1.56 bits per heavy atom. The molecule has 0 atom stereocenters. The topological polar surface area (TPSA) is 89.8 Å². The lowest BCUT2D eigenvalue weighted by molar-refractivity contribution is 0.102. The van der Waals surface area contributed by atoms with Crippen LogP contribution >= 0.6 is 0 Å². The molecule has 0 aliphatic carbocycles. The number of phenols is 3. The van der Waals surface area contributed by atoms with Gasteiger partial charge >= 0.3 is 0 Å². The Morgan fingerprint density at radius 1 is 0.889 bits per heavy atom. The van der Waals surface area contributed by atoms with E-state index in [0.29, 0.717) is 0 Å². The van der Waals surface area contributed by atoms with Crippen LogP contribution in [0.3, 0.4) is 0 Å². The van der Waals surface area contributed by atoms with Gasteiger partial charge in [0.25, 0.3) is 5.91 Å². The van der Waals surface area contributed by atoms with Gasteiger partial charge in [-0.1, -0.05) is 18.2 Å². The number of para-hydroxylation sites is 2. The van der Waals surface area contributed by atoms with Crippen molar-refractivity contribution in [2.24, 2.45) is 0 Å². The van der Waals surface area contributed by atoms with Crippen molar-refractivity contribution in [3.63, 3.8) is 0 Å². The number of benzene rings is 2. The molecule has 0 fully saturated rings. The van der Waals surface area contributed by atoms with E-state index in [1.54, 1.807) is 12.1 Å². The summed E-state index contributed by atoms with van der Waals surface area (Å²) in [6.45, 7) is 0. The zero-order chi connectivity index (χ0) is 13.1. The third kappa shape index (κ3) is 2.20. The fraction of sp³-hybridized carbons (Fsp3) is 0. The van der Waals surface area contributed by atoms with Gasteiger partial charge in [0.2, 0.25) is 0 Å². The van der Waals surface area contributed by atoms with Gasteiger partial charge in [-0.3, -0.25) is 4.79 Å². The monoisotopic (exact) mass is 245 g/mol. The molecule has 2 aromatic carbocycles. The molecule has 0 spiro atoms. The highest BCUT2D eigenvalue weighted by Crippen LogP contribution is 2.33. The second-order valence-corrected chi connectivity index (χ2v) is 3.64. The number of rotatable bonds is 2. The Balaban J connectivity index is 2.27. The fourth-order valence-electron chi connectivity index (χ4n) is 1.49. The highest BCUT2D eigenvalue weighted by atomic mass is 16.3. The largest absolute Gasteiger partial charge is 0.507 e. The predicted molar refractivity (Wildman–Crippen MR) is 65.8 cm³/mol. The quantitative estimate of drug-likeness (QED) is 0.609. The van der Waals surface area contributed by atoms with Crippen molar-refractivity contribution in [1.29, 1.82) is 0 Å². The van der Waals surface area contributed by atoms with Gasteiger partial charge in [0, 0.05) is 0 Å². The van der Waals surface area contributed by atoms with E-state index in [0.717, 1.165) is 0 Å². The summed E-state index contributed by atoms with van der Waals surface area (Å²) in [4.78, 5) is 11.8. The molecule has 0 unspecified atom stereocenters. The molecule has 5 heteroatoms. The molecule has 0 bridgehead atoms. The van der Waals surface area contributed by atoms with Crippen LogP contribution in [0.25, 0.3) is 0 Å². The Labute approximate surface area is 103 Å². The summed E-state index contributed by atoms with van der Waals surface area (Å²) in [5.41, 5.74) is 0.156. The predicted octanol–water partition coefficient (Wildman–Crippen LogP) is 2.06. The van der Waals surface area contributed by atoms with Crippen LogP contribution in [0.1, 0.15) is 10.4 Å². The minimum atomic E-state index is -0.575. The van der Waals surface area contributed by atoms with Crippen LogP contribution in [0.5, 0.6) is 17.2 Å². The van der Waals surface area contributed by atoms with Gasteiger partial charge in [-0.2, -0.15) is 0 Å². The van der Waals surface area contributed by atoms with Crippen LogP contribution < -0.4 is 5.32 Å². The van der Waals surface area contributed by atoms with E-state index in [9.17, 15) is 20.1 Å². The SMILES string of the molecule is O=C(Nc1cccc(O)c1O)c1ccccc1O. The van der Waals surface area contributed by atoms with Crippen LogP contribution in [0.15, 0.2) is 42.5 Å². The van der Waals surface area contributed by atoms with Gasteiger partial charge in [-0.25, -0.2) is 0 Å². The molecular weight excluding hydrogens is 234 g/mol. The van der Waals surface area contributed by atoms with Crippen LogP contribution in [0.4, 0.5) is 5.69 Å². The number of hydrogen-bond acceptors (Lipinski definition) is 4. The molecule has 2 aromatic rings. The Hall–Kier alpha value is -2.69. The van der Waals surface area contributed by atoms with Crippen molar-refractivity contribution in [3.05, 3.63) is 48.0 Å². The number of carbonyl (C=O) groups excluding carboxylic acids is 1. The first-order valence-electron chi connectivity index (χ1n) is 5.20. The van der Waals surface area contributed by atoms with Gasteiger partial charge in [-0.15, -0.1) is 0 Å². The van der Waals surface area contributed by atoms with E-state index in [1.807, 2.05) is 0 Å². The van der Waals surface area contributed by atoms with E-state index in [1.165, 1.54) is 30.3 Å². The van der Waals surface area contributed by atoms with E-state index < -0.39 is 11.7 Å². The summed E-state index contributed by atoms with van der Waals surface area (Å²) in [6, 6.07) is 10.3. The van der Waals surface area contributed by atoms with Gasteiger partial charge < -0.3 is 20.6 Å². The van der Waals surface area contributed by atoms with Crippen molar-refractivity contribution in [2.75, 3.05) is 5.32 Å². The summed E-state index contributed by atoms with van der Waals surface area (Å²) in [5, 5.41) is 30.7. The van der Waals surface area contributed by atoms with Crippen molar-refractivity contribution in [2.45, 2.75) is 0 Å². The Morgan fingerprint density at radius 3 is 2.28 bits per heavy atom. The molecule has 4 N–H and O–H groups in total. The molecule has 0 aliphatic rings. The van der Waals surface area contributed by atoms with Crippen LogP contribution in [0.2, 0.25) is 0 Å². The van der Waals surface area contributed by atoms with E-state index in [4.69, 9.17) is 0 Å². The normalized spacial score (nSPS) is 10.0. The van der Waals surface area contributed by atoms with Crippen LogP contribution in [-0.4, -0.2) is 21.2 Å². The molecule has 18 heavy (non-hydrogen) atoms. The van der Waals surface area contributed by atoms with E-state index in [2.05, 4.69) is 5.32 Å². The molecule has 5 nitrogen and oxygen atoms in total. The lowest BCUT2D eigenvalue weighted by Gasteiger charge is -2.08. The maximum Gasteiger partial charge on any atom is 0.259 e. The molecule has 92 valence electrons. The second kappa shape index (κ2) is 4.67. The van der Waals surface area contributed by atoms with Crippen molar-refractivity contribution in [1.82, 2.24) is 0 Å². The summed E-state index contributed by atoms with van der Waals surface area (Å²) >= 11 is 0. The zero-order valence-corrected chi connectivity index (χ0v) is 9.29. The number of amides is 1. The second-order valence-electron chi connectivity index (χ2n) is 3.64. The van der Waals surface area contributed by atoms with Gasteiger partial charge in [-0.05, 0) is 24.3 Å². The summed E-state index contributed by atoms with van der Waals surface area (Å²) in [7, 11) is 0. The molecule has 0 radical (unpaired) electrons. The molecular formula is C13H11NO4. The summed E-state index contributed by atoms with van der Waals surface area (Å²) in [6.07, 6.45) is 0. The minimum Gasteiger partial charge on any atom is -0.507 e. The lowest BCUT2D eigenvalue weighted by atomic mass is 10.2. The molecule has 0 aliphatic heterocycles. The first-order valence-corrected chi connectivity index (χ1v) is 5.20. The zero-order valence-electron chi connectivity index (χ0n) is 9.29. The van der Waals surface area contributed by atoms with E-state index >= 15 is 0 Å². The average molecular weight is 245 g/mol. The molecule has 0 saturated heterocycles. The first-order chi connectivity index (χ1) is 8.59. The van der Waals surface area contributed by atoms with Crippen molar-refractivity contribution in [3.8, 4) is 17.2 Å². The lowest BCUT2D eigenvalue weighted by Crippen LogP contribution is -2.12. The number of carbonyl (C=O) groups is 1. The first kappa shape index (κ1) is 11.8. The van der Waals surface area contributed by atoms with Crippen molar-refractivity contribution < 1.29 is 20.1 Å². The highest BCUT2D eigenvalue weighted by Gasteiger charge is 2.13. The Kier molecular flexibility index (Phi) is 3.05.